The van der Waals surface area contributed by atoms with Gasteiger partial charge in [-0.1, -0.05) is 54.1 Å². The quantitative estimate of drug-likeness (QED) is 0.383. The number of rotatable bonds is 9. The van der Waals surface area contributed by atoms with Crippen molar-refractivity contribution in [3.05, 3.63) is 95.3 Å². The molecule has 0 radical (unpaired) electrons. The van der Waals surface area contributed by atoms with Gasteiger partial charge in [-0.3, -0.25) is 4.79 Å². The molecule has 158 valence electrons. The zero-order valence-electron chi connectivity index (χ0n) is 17.1. The van der Waals surface area contributed by atoms with Crippen LogP contribution in [0.15, 0.2) is 78.9 Å². The van der Waals surface area contributed by atoms with E-state index >= 15 is 0 Å². The van der Waals surface area contributed by atoms with E-state index in [9.17, 15) is 4.79 Å². The molecule has 6 heteroatoms. The summed E-state index contributed by atoms with van der Waals surface area (Å²) in [7, 11) is 0. The third-order valence-corrected chi connectivity index (χ3v) is 5.25. The lowest BCUT2D eigenvalue weighted by Gasteiger charge is -2.10. The fraction of sp³-hybridized carbons (Fsp3) is 0.200. The number of ether oxygens (including phenoxy) is 1. The van der Waals surface area contributed by atoms with E-state index in [0.717, 1.165) is 41.3 Å². The van der Waals surface area contributed by atoms with Gasteiger partial charge in [0.05, 0.1) is 11.0 Å². The third kappa shape index (κ3) is 5.64. The van der Waals surface area contributed by atoms with Gasteiger partial charge in [0, 0.05) is 24.5 Å². The largest absolute Gasteiger partial charge is 0.484 e. The van der Waals surface area contributed by atoms with Crippen molar-refractivity contribution in [3.63, 3.8) is 0 Å². The molecule has 3 aromatic carbocycles. The molecule has 31 heavy (non-hydrogen) atoms. The van der Waals surface area contributed by atoms with Crippen LogP contribution in [0.3, 0.4) is 0 Å². The molecule has 1 aromatic heterocycles. The topological polar surface area (TPSA) is 56.1 Å². The Kier molecular flexibility index (Phi) is 6.85. The number of benzene rings is 3. The number of fused-ring (bicyclic) bond motifs is 1. The van der Waals surface area contributed by atoms with Crippen LogP contribution in [0.5, 0.6) is 5.75 Å². The number of imidazole rings is 1. The Morgan fingerprint density at radius 1 is 0.968 bits per heavy atom. The molecule has 0 atom stereocenters. The first-order valence-corrected chi connectivity index (χ1v) is 10.7. The highest BCUT2D eigenvalue weighted by atomic mass is 35.5. The lowest BCUT2D eigenvalue weighted by atomic mass is 10.2. The van der Waals surface area contributed by atoms with Gasteiger partial charge in [0.2, 0.25) is 0 Å². The van der Waals surface area contributed by atoms with Crippen LogP contribution in [0.25, 0.3) is 11.0 Å². The number of aromatic nitrogens is 2. The first-order valence-electron chi connectivity index (χ1n) is 10.3. The molecule has 4 rings (SSSR count). The lowest BCUT2D eigenvalue weighted by Crippen LogP contribution is -2.30. The van der Waals surface area contributed by atoms with Crippen molar-refractivity contribution < 1.29 is 9.53 Å². The minimum Gasteiger partial charge on any atom is -0.484 e. The number of hydrogen-bond acceptors (Lipinski definition) is 3. The molecule has 1 amide bonds. The van der Waals surface area contributed by atoms with E-state index in [1.807, 2.05) is 72.8 Å². The molecule has 5 nitrogen and oxygen atoms in total. The summed E-state index contributed by atoms with van der Waals surface area (Å²) in [6.07, 6.45) is 1.56. The van der Waals surface area contributed by atoms with E-state index in [-0.39, 0.29) is 12.5 Å². The molecule has 0 aliphatic rings. The summed E-state index contributed by atoms with van der Waals surface area (Å²) in [5.74, 6) is 1.57. The van der Waals surface area contributed by atoms with Crippen LogP contribution < -0.4 is 10.1 Å². The Bertz CT molecular complexity index is 1140. The number of carbonyl (C=O) groups excluding carboxylic acids is 1. The fourth-order valence-electron chi connectivity index (χ4n) is 3.46. The summed E-state index contributed by atoms with van der Waals surface area (Å²) in [5, 5.41) is 3.64. The minimum atomic E-state index is -0.126. The normalized spacial score (nSPS) is 10.9. The average molecular weight is 434 g/mol. The first kappa shape index (κ1) is 20.9. The second-order valence-electron chi connectivity index (χ2n) is 7.28. The van der Waals surface area contributed by atoms with Crippen LogP contribution in [0.1, 0.15) is 17.8 Å². The van der Waals surface area contributed by atoms with Gasteiger partial charge in [0.1, 0.15) is 11.6 Å². The molecular formula is C25H24ClN3O2. The van der Waals surface area contributed by atoms with Crippen LogP contribution in [0.4, 0.5) is 0 Å². The number of halogens is 1. The zero-order chi connectivity index (χ0) is 21.5. The molecule has 1 N–H and O–H groups in total. The Labute approximate surface area is 186 Å². The summed E-state index contributed by atoms with van der Waals surface area (Å²) in [6, 6.07) is 25.4. The van der Waals surface area contributed by atoms with Gasteiger partial charge in [-0.25, -0.2) is 4.98 Å². The molecule has 0 spiro atoms. The van der Waals surface area contributed by atoms with Crippen molar-refractivity contribution in [3.8, 4) is 5.75 Å². The SMILES string of the molecule is O=C(COc1ccccc1)NCCCc1nc2ccccc2n1Cc1ccc(Cl)cc1. The smallest absolute Gasteiger partial charge is 0.257 e. The Morgan fingerprint density at radius 3 is 2.52 bits per heavy atom. The molecule has 1 heterocycles. The molecule has 0 saturated carbocycles. The van der Waals surface area contributed by atoms with Gasteiger partial charge < -0.3 is 14.6 Å². The number of nitrogens with one attached hydrogen (secondary N) is 1. The standard InChI is InChI=1S/C25H24ClN3O2/c26-20-14-12-19(13-15-20)17-29-23-10-5-4-9-22(23)28-24(29)11-6-16-27-25(30)18-31-21-7-2-1-3-8-21/h1-5,7-10,12-15H,6,11,16-18H2,(H,27,30). The highest BCUT2D eigenvalue weighted by Gasteiger charge is 2.11. The molecular weight excluding hydrogens is 410 g/mol. The maximum absolute atomic E-state index is 12.0. The van der Waals surface area contributed by atoms with E-state index in [1.54, 1.807) is 0 Å². The maximum Gasteiger partial charge on any atom is 0.257 e. The van der Waals surface area contributed by atoms with Crippen LogP contribution in [-0.2, 0) is 17.8 Å². The third-order valence-electron chi connectivity index (χ3n) is 5.00. The predicted octanol–water partition coefficient (Wildman–Crippen LogP) is 4.87. The van der Waals surface area contributed by atoms with Crippen LogP contribution in [0.2, 0.25) is 5.02 Å². The van der Waals surface area contributed by atoms with E-state index in [1.165, 1.54) is 5.56 Å². The molecule has 0 bridgehead atoms. The average Bonchev–Trinajstić information content (AvgIpc) is 3.15. The van der Waals surface area contributed by atoms with Crippen molar-refractivity contribution in [1.82, 2.24) is 14.9 Å². The molecule has 0 aliphatic carbocycles. The van der Waals surface area contributed by atoms with E-state index < -0.39 is 0 Å². The molecule has 0 saturated heterocycles. The van der Waals surface area contributed by atoms with Gasteiger partial charge in [-0.2, -0.15) is 0 Å². The van der Waals surface area contributed by atoms with Crippen LogP contribution >= 0.6 is 11.6 Å². The second-order valence-corrected chi connectivity index (χ2v) is 7.72. The van der Waals surface area contributed by atoms with Crippen LogP contribution in [0, 0.1) is 0 Å². The molecule has 0 aliphatic heterocycles. The van der Waals surface area contributed by atoms with Gasteiger partial charge in [-0.05, 0) is 48.4 Å². The summed E-state index contributed by atoms with van der Waals surface area (Å²) < 4.78 is 7.71. The van der Waals surface area contributed by atoms with E-state index in [4.69, 9.17) is 21.3 Å². The summed E-state index contributed by atoms with van der Waals surface area (Å²) in [5.41, 5.74) is 3.25. The Balaban J connectivity index is 1.34. The fourth-order valence-corrected chi connectivity index (χ4v) is 3.58. The van der Waals surface area contributed by atoms with Crippen LogP contribution in [-0.4, -0.2) is 28.6 Å². The Hall–Kier alpha value is -3.31. The highest BCUT2D eigenvalue weighted by molar-refractivity contribution is 6.30. The van der Waals surface area contributed by atoms with Gasteiger partial charge >= 0.3 is 0 Å². The number of amides is 1. The van der Waals surface area contributed by atoms with Crippen molar-refractivity contribution >= 4 is 28.5 Å². The van der Waals surface area contributed by atoms with Crippen molar-refractivity contribution in [1.29, 1.82) is 0 Å². The van der Waals surface area contributed by atoms with Crippen molar-refractivity contribution in [2.75, 3.05) is 13.2 Å². The van der Waals surface area contributed by atoms with Gasteiger partial charge in [0.25, 0.3) is 5.91 Å². The summed E-state index contributed by atoms with van der Waals surface area (Å²) in [4.78, 5) is 16.9. The van der Waals surface area contributed by atoms with Gasteiger partial charge in [0.15, 0.2) is 6.61 Å². The number of hydrogen-bond donors (Lipinski definition) is 1. The minimum absolute atomic E-state index is 0.0130. The first-order chi connectivity index (χ1) is 15.2. The Morgan fingerprint density at radius 2 is 1.71 bits per heavy atom. The second kappa shape index (κ2) is 10.1. The van der Waals surface area contributed by atoms with Gasteiger partial charge in [-0.15, -0.1) is 0 Å². The lowest BCUT2D eigenvalue weighted by molar-refractivity contribution is -0.123. The maximum atomic E-state index is 12.0. The van der Waals surface area contributed by atoms with E-state index in [2.05, 4.69) is 16.0 Å². The summed E-state index contributed by atoms with van der Waals surface area (Å²) >= 11 is 6.02. The zero-order valence-corrected chi connectivity index (χ0v) is 17.9. The number of aryl methyl sites for hydroxylation is 1. The number of nitrogens with zero attached hydrogens (tertiary/aromatic N) is 2. The molecule has 0 unspecified atom stereocenters. The van der Waals surface area contributed by atoms with E-state index in [0.29, 0.717) is 12.3 Å². The number of carbonyl (C=O) groups is 1. The molecule has 4 aromatic rings. The van der Waals surface area contributed by atoms with Crippen molar-refractivity contribution in [2.24, 2.45) is 0 Å². The number of para-hydroxylation sites is 3. The summed E-state index contributed by atoms with van der Waals surface area (Å²) in [6.45, 7) is 1.31. The molecule has 0 fully saturated rings. The predicted molar refractivity (Wildman–Crippen MR) is 124 cm³/mol. The monoisotopic (exact) mass is 433 g/mol. The highest BCUT2D eigenvalue weighted by Crippen LogP contribution is 2.20. The van der Waals surface area contributed by atoms with Crippen molar-refractivity contribution in [2.45, 2.75) is 19.4 Å².